The van der Waals surface area contributed by atoms with E-state index >= 15 is 0 Å². The quantitative estimate of drug-likeness (QED) is 0.252. The SMILES string of the molecule is CCC(CC(C(=O)O)C(=O)O)N(C)CCc1ccc(OC(c2ccccc2)(c2cccs2)C(F)(F)F)cc1. The number of thiophene rings is 1. The predicted molar refractivity (Wildman–Crippen MR) is 138 cm³/mol. The molecule has 0 fully saturated rings. The molecule has 0 aliphatic rings. The fraction of sp³-hybridized carbons (Fsp3) is 0.357. The second-order valence-corrected chi connectivity index (χ2v) is 9.97. The average molecular weight is 550 g/mol. The molecule has 3 aromatic rings. The van der Waals surface area contributed by atoms with E-state index in [4.69, 9.17) is 4.74 Å². The third kappa shape index (κ3) is 6.54. The van der Waals surface area contributed by atoms with Crippen LogP contribution in [0.2, 0.25) is 0 Å². The highest BCUT2D eigenvalue weighted by molar-refractivity contribution is 7.10. The summed E-state index contributed by atoms with van der Waals surface area (Å²) in [5, 5.41) is 20.0. The molecule has 10 heteroatoms. The van der Waals surface area contributed by atoms with E-state index < -0.39 is 29.6 Å². The number of rotatable bonds is 13. The molecule has 3 rings (SSSR count). The lowest BCUT2D eigenvalue weighted by atomic mass is 9.90. The number of carboxylic acid groups (broad SMARTS) is 2. The van der Waals surface area contributed by atoms with Crippen molar-refractivity contribution >= 4 is 23.3 Å². The maximum atomic E-state index is 14.7. The van der Waals surface area contributed by atoms with E-state index in [9.17, 15) is 33.0 Å². The van der Waals surface area contributed by atoms with Crippen molar-refractivity contribution in [2.75, 3.05) is 13.6 Å². The van der Waals surface area contributed by atoms with Gasteiger partial charge in [-0.1, -0.05) is 55.5 Å². The van der Waals surface area contributed by atoms with Crippen LogP contribution in [-0.4, -0.2) is 52.9 Å². The summed E-state index contributed by atoms with van der Waals surface area (Å²) in [5.41, 5.74) is -1.84. The van der Waals surface area contributed by atoms with Gasteiger partial charge in [0.25, 0.3) is 5.60 Å². The van der Waals surface area contributed by atoms with Crippen molar-refractivity contribution in [2.24, 2.45) is 5.92 Å². The first-order valence-corrected chi connectivity index (χ1v) is 13.0. The van der Waals surface area contributed by atoms with Crippen LogP contribution in [0.4, 0.5) is 13.2 Å². The van der Waals surface area contributed by atoms with E-state index in [0.717, 1.165) is 16.9 Å². The molecule has 2 unspecified atom stereocenters. The molecule has 6 nitrogen and oxygen atoms in total. The van der Waals surface area contributed by atoms with Gasteiger partial charge in [0, 0.05) is 18.2 Å². The molecule has 0 saturated heterocycles. The number of carboxylic acids is 2. The molecule has 204 valence electrons. The van der Waals surface area contributed by atoms with Gasteiger partial charge in [-0.05, 0) is 55.5 Å². The topological polar surface area (TPSA) is 87.1 Å². The van der Waals surface area contributed by atoms with Crippen LogP contribution in [0.5, 0.6) is 5.75 Å². The number of hydrogen-bond donors (Lipinski definition) is 2. The molecule has 0 amide bonds. The van der Waals surface area contributed by atoms with Gasteiger partial charge in [0.05, 0.1) is 4.88 Å². The van der Waals surface area contributed by atoms with Crippen molar-refractivity contribution in [3.8, 4) is 5.75 Å². The van der Waals surface area contributed by atoms with Crippen LogP contribution in [0.3, 0.4) is 0 Å². The molecule has 0 saturated carbocycles. The summed E-state index contributed by atoms with van der Waals surface area (Å²) in [5.74, 6) is -4.16. The molecule has 38 heavy (non-hydrogen) atoms. The van der Waals surface area contributed by atoms with E-state index in [-0.39, 0.29) is 28.7 Å². The Morgan fingerprint density at radius 1 is 0.974 bits per heavy atom. The van der Waals surface area contributed by atoms with Gasteiger partial charge < -0.3 is 19.8 Å². The number of benzene rings is 2. The minimum absolute atomic E-state index is 0.0210. The minimum atomic E-state index is -4.74. The third-order valence-electron chi connectivity index (χ3n) is 6.59. The number of likely N-dealkylation sites (N-methyl/N-ethyl adjacent to an activating group) is 1. The summed E-state index contributed by atoms with van der Waals surface area (Å²) < 4.78 is 49.9. The molecule has 1 heterocycles. The number of aliphatic carboxylic acids is 2. The summed E-state index contributed by atoms with van der Waals surface area (Å²) in [7, 11) is 1.80. The number of hydrogen-bond acceptors (Lipinski definition) is 5. The van der Waals surface area contributed by atoms with Crippen molar-refractivity contribution in [3.05, 3.63) is 88.1 Å². The van der Waals surface area contributed by atoms with E-state index in [1.54, 1.807) is 48.8 Å². The summed E-state index contributed by atoms with van der Waals surface area (Å²) in [6.45, 7) is 2.37. The van der Waals surface area contributed by atoms with Crippen LogP contribution >= 0.6 is 11.3 Å². The Labute approximate surface area is 223 Å². The lowest BCUT2D eigenvalue weighted by molar-refractivity contribution is -0.236. The van der Waals surface area contributed by atoms with E-state index in [1.165, 1.54) is 30.3 Å². The van der Waals surface area contributed by atoms with Crippen LogP contribution in [0.25, 0.3) is 0 Å². The Morgan fingerprint density at radius 3 is 2.11 bits per heavy atom. The predicted octanol–water partition coefficient (Wildman–Crippen LogP) is 6.06. The highest BCUT2D eigenvalue weighted by atomic mass is 32.1. The molecule has 0 spiro atoms. The maximum absolute atomic E-state index is 14.7. The Balaban J connectivity index is 1.77. The van der Waals surface area contributed by atoms with Gasteiger partial charge in [0.1, 0.15) is 5.75 Å². The lowest BCUT2D eigenvalue weighted by Gasteiger charge is -2.36. The largest absolute Gasteiger partial charge is 0.481 e. The first-order valence-electron chi connectivity index (χ1n) is 12.1. The van der Waals surface area contributed by atoms with Crippen LogP contribution in [0, 0.1) is 5.92 Å². The molecule has 0 aliphatic heterocycles. The summed E-state index contributed by atoms with van der Waals surface area (Å²) in [4.78, 5) is 24.5. The van der Waals surface area contributed by atoms with Crippen LogP contribution < -0.4 is 4.74 Å². The highest BCUT2D eigenvalue weighted by Crippen LogP contribution is 2.49. The zero-order valence-corrected chi connectivity index (χ0v) is 21.8. The maximum Gasteiger partial charge on any atom is 0.437 e. The van der Waals surface area contributed by atoms with Crippen molar-refractivity contribution in [3.63, 3.8) is 0 Å². The highest BCUT2D eigenvalue weighted by Gasteiger charge is 2.60. The van der Waals surface area contributed by atoms with Gasteiger partial charge in [-0.15, -0.1) is 11.3 Å². The summed E-state index contributed by atoms with van der Waals surface area (Å²) in [6, 6.07) is 16.7. The Hall–Kier alpha value is -3.37. The van der Waals surface area contributed by atoms with E-state index in [0.29, 0.717) is 19.4 Å². The van der Waals surface area contributed by atoms with Crippen molar-refractivity contribution < 1.29 is 37.7 Å². The van der Waals surface area contributed by atoms with Gasteiger partial charge in [0.2, 0.25) is 0 Å². The molecular formula is C28H30F3NO5S. The number of carbonyl (C=O) groups is 2. The number of nitrogens with zero attached hydrogens (tertiary/aromatic N) is 1. The standard InChI is InChI=1S/C28H30F3NO5S/c1-3-21(18-23(25(33)34)26(35)36)32(2)16-15-19-11-13-22(14-12-19)37-27(28(29,30)31,24-10-7-17-38-24)20-8-5-4-6-9-20/h4-14,17,21,23H,3,15-16,18H2,1-2H3,(H,33,34)(H,35,36). The van der Waals surface area contributed by atoms with Gasteiger partial charge in [-0.3, -0.25) is 9.59 Å². The lowest BCUT2D eigenvalue weighted by Crippen LogP contribution is -2.48. The first-order chi connectivity index (χ1) is 18.0. The van der Waals surface area contributed by atoms with Gasteiger partial charge in [-0.2, -0.15) is 13.2 Å². The molecule has 0 bridgehead atoms. The van der Waals surface area contributed by atoms with Gasteiger partial charge in [0.15, 0.2) is 5.92 Å². The van der Waals surface area contributed by atoms with Gasteiger partial charge >= 0.3 is 18.1 Å². The molecule has 0 radical (unpaired) electrons. The molecule has 2 N–H and O–H groups in total. The summed E-state index contributed by atoms with van der Waals surface area (Å²) >= 11 is 0.974. The van der Waals surface area contributed by atoms with E-state index in [1.807, 2.05) is 11.8 Å². The number of ether oxygens (including phenoxy) is 1. The normalized spacial score (nSPS) is 14.3. The first kappa shape index (κ1) is 29.2. The van der Waals surface area contributed by atoms with Crippen molar-refractivity contribution in [2.45, 2.75) is 44.0 Å². The molecule has 2 aromatic carbocycles. The molecule has 2 atom stereocenters. The Bertz CT molecular complexity index is 1170. The molecule has 1 aromatic heterocycles. The average Bonchev–Trinajstić information content (AvgIpc) is 3.41. The number of alkyl halides is 3. The second-order valence-electron chi connectivity index (χ2n) is 9.03. The fourth-order valence-corrected chi connectivity index (χ4v) is 5.29. The Morgan fingerprint density at radius 2 is 1.61 bits per heavy atom. The minimum Gasteiger partial charge on any atom is -0.481 e. The van der Waals surface area contributed by atoms with Crippen LogP contribution in [-0.2, 0) is 21.6 Å². The van der Waals surface area contributed by atoms with E-state index in [2.05, 4.69) is 0 Å². The second kappa shape index (κ2) is 12.4. The van der Waals surface area contributed by atoms with Crippen molar-refractivity contribution in [1.82, 2.24) is 4.90 Å². The smallest absolute Gasteiger partial charge is 0.437 e. The monoisotopic (exact) mass is 549 g/mol. The van der Waals surface area contributed by atoms with Crippen LogP contribution in [0.1, 0.15) is 35.8 Å². The number of halogens is 3. The zero-order valence-electron chi connectivity index (χ0n) is 21.0. The summed E-state index contributed by atoms with van der Waals surface area (Å²) in [6.07, 6.45) is -3.65. The van der Waals surface area contributed by atoms with Crippen LogP contribution in [0.15, 0.2) is 72.1 Å². The third-order valence-corrected chi connectivity index (χ3v) is 7.56. The Kier molecular flexibility index (Phi) is 9.56. The molecule has 0 aliphatic carbocycles. The zero-order chi connectivity index (χ0) is 27.9. The molecular weight excluding hydrogens is 519 g/mol. The van der Waals surface area contributed by atoms with Crippen molar-refractivity contribution in [1.29, 1.82) is 0 Å². The van der Waals surface area contributed by atoms with Gasteiger partial charge in [-0.25, -0.2) is 0 Å². The fourth-order valence-electron chi connectivity index (χ4n) is 4.39.